The van der Waals surface area contributed by atoms with Crippen LogP contribution in [0, 0.1) is 11.7 Å². The van der Waals surface area contributed by atoms with E-state index in [4.69, 9.17) is 16.3 Å². The van der Waals surface area contributed by atoms with Gasteiger partial charge >= 0.3 is 12.2 Å². The Morgan fingerprint density at radius 1 is 0.955 bits per heavy atom. The van der Waals surface area contributed by atoms with Crippen LogP contribution in [0.3, 0.4) is 0 Å². The monoisotopic (exact) mass is 630 g/mol. The Hall–Kier alpha value is -3.34. The third-order valence-electron chi connectivity index (χ3n) is 9.00. The van der Waals surface area contributed by atoms with Crippen LogP contribution < -0.4 is 15.1 Å². The Morgan fingerprint density at radius 3 is 2.23 bits per heavy atom. The number of anilines is 3. The molecule has 3 saturated heterocycles. The molecule has 0 spiro atoms. The van der Waals surface area contributed by atoms with Crippen LogP contribution in [0.4, 0.5) is 39.4 Å². The standard InChI is InChI=1S/C33H35ClF4N4O2/c34-25-5-7-26(8-6-25)39-32(43)42(29-11-12-31(30(35)19-29)40-13-15-44-16-14-40)21-23-17-27-9-10-28(18-23)41(27)20-22-1-3-24(4-2-22)33(36,37)38/h1-8,11-12,19,23,27-28H,9-10,13-18,20-21H2,(H,39,43)/t23?,27-,28+. The van der Waals surface area contributed by atoms with Gasteiger partial charge in [0.15, 0.2) is 0 Å². The lowest BCUT2D eigenvalue weighted by molar-refractivity contribution is -0.137. The number of fused-ring (bicyclic) bond motifs is 2. The molecule has 3 fully saturated rings. The molecule has 1 unspecified atom stereocenters. The van der Waals surface area contributed by atoms with E-state index in [2.05, 4.69) is 10.2 Å². The fourth-order valence-corrected chi connectivity index (χ4v) is 6.94. The lowest BCUT2D eigenvalue weighted by Gasteiger charge is -2.40. The number of rotatable bonds is 7. The molecule has 3 aromatic rings. The van der Waals surface area contributed by atoms with Crippen LogP contribution in [0.1, 0.15) is 36.8 Å². The number of carbonyl (C=O) groups is 1. The number of alkyl halides is 3. The molecule has 6 nitrogen and oxygen atoms in total. The van der Waals surface area contributed by atoms with Crippen molar-refractivity contribution in [3.05, 3.63) is 88.7 Å². The van der Waals surface area contributed by atoms with Gasteiger partial charge in [-0.05, 0) is 91.8 Å². The van der Waals surface area contributed by atoms with Crippen molar-refractivity contribution in [1.29, 1.82) is 0 Å². The van der Waals surface area contributed by atoms with Gasteiger partial charge in [-0.15, -0.1) is 0 Å². The van der Waals surface area contributed by atoms with E-state index in [-0.39, 0.29) is 29.8 Å². The van der Waals surface area contributed by atoms with E-state index in [1.807, 2.05) is 4.90 Å². The molecule has 3 atom stereocenters. The van der Waals surface area contributed by atoms with Crippen molar-refractivity contribution < 1.29 is 27.1 Å². The fourth-order valence-electron chi connectivity index (χ4n) is 6.82. The van der Waals surface area contributed by atoms with Crippen LogP contribution in [-0.2, 0) is 17.5 Å². The average molecular weight is 631 g/mol. The molecule has 6 rings (SSSR count). The molecule has 2 bridgehead atoms. The summed E-state index contributed by atoms with van der Waals surface area (Å²) >= 11 is 6.03. The van der Waals surface area contributed by atoms with Crippen molar-refractivity contribution in [1.82, 2.24) is 4.90 Å². The maximum Gasteiger partial charge on any atom is 0.416 e. The van der Waals surface area contributed by atoms with E-state index in [1.165, 1.54) is 6.07 Å². The second kappa shape index (κ2) is 12.9. The molecular weight excluding hydrogens is 596 g/mol. The van der Waals surface area contributed by atoms with Crippen molar-refractivity contribution >= 4 is 34.7 Å². The first-order valence-corrected chi connectivity index (χ1v) is 15.4. The highest BCUT2D eigenvalue weighted by Crippen LogP contribution is 2.41. The quantitative estimate of drug-likeness (QED) is 0.271. The summed E-state index contributed by atoms with van der Waals surface area (Å²) in [6.45, 7) is 3.29. The summed E-state index contributed by atoms with van der Waals surface area (Å²) in [5, 5.41) is 3.49. The second-order valence-corrected chi connectivity index (χ2v) is 12.3. The third kappa shape index (κ3) is 6.98. The van der Waals surface area contributed by atoms with Gasteiger partial charge in [-0.1, -0.05) is 23.7 Å². The summed E-state index contributed by atoms with van der Waals surface area (Å²) in [4.78, 5) is 19.7. The minimum Gasteiger partial charge on any atom is -0.378 e. The first kappa shape index (κ1) is 30.7. The molecule has 0 saturated carbocycles. The highest BCUT2D eigenvalue weighted by Gasteiger charge is 2.41. The molecule has 3 aromatic carbocycles. The lowest BCUT2D eigenvalue weighted by atomic mass is 9.89. The van der Waals surface area contributed by atoms with Gasteiger partial charge < -0.3 is 15.0 Å². The first-order valence-electron chi connectivity index (χ1n) is 15.0. The van der Waals surface area contributed by atoms with Crippen LogP contribution in [-0.4, -0.2) is 55.9 Å². The van der Waals surface area contributed by atoms with Gasteiger partial charge in [0.2, 0.25) is 0 Å². The number of ether oxygens (including phenoxy) is 1. The molecular formula is C33H35ClF4N4O2. The molecule has 44 heavy (non-hydrogen) atoms. The SMILES string of the molecule is O=C(Nc1ccc(Cl)cc1)N(CC1C[C@H]2CC[C@@H](C1)N2Cc1ccc(C(F)(F)F)cc1)c1ccc(N2CCOCC2)c(F)c1. The summed E-state index contributed by atoms with van der Waals surface area (Å²) in [5.74, 6) is -0.213. The summed E-state index contributed by atoms with van der Waals surface area (Å²) in [5.41, 5.74) is 1.76. The van der Waals surface area contributed by atoms with E-state index < -0.39 is 11.7 Å². The number of carbonyl (C=O) groups excluding carboxylic acids is 1. The fraction of sp³-hybridized carbons (Fsp3) is 0.424. The van der Waals surface area contributed by atoms with Crippen molar-refractivity contribution in [2.45, 2.75) is 50.5 Å². The van der Waals surface area contributed by atoms with Crippen molar-refractivity contribution in [3.63, 3.8) is 0 Å². The molecule has 0 aliphatic carbocycles. The van der Waals surface area contributed by atoms with E-state index in [9.17, 15) is 18.0 Å². The highest BCUT2D eigenvalue weighted by molar-refractivity contribution is 6.30. The maximum absolute atomic E-state index is 15.5. The summed E-state index contributed by atoms with van der Waals surface area (Å²) in [7, 11) is 0. The number of piperidine rings is 1. The van der Waals surface area contributed by atoms with Crippen LogP contribution in [0.2, 0.25) is 5.02 Å². The molecule has 234 valence electrons. The van der Waals surface area contributed by atoms with E-state index in [0.717, 1.165) is 43.4 Å². The number of benzene rings is 3. The number of morpholine rings is 1. The zero-order valence-electron chi connectivity index (χ0n) is 24.2. The van der Waals surface area contributed by atoms with Crippen molar-refractivity contribution in [2.24, 2.45) is 5.92 Å². The number of urea groups is 1. The second-order valence-electron chi connectivity index (χ2n) is 11.9. The van der Waals surface area contributed by atoms with Gasteiger partial charge in [0.25, 0.3) is 0 Å². The molecule has 3 aliphatic heterocycles. The van der Waals surface area contributed by atoms with Crippen LogP contribution in [0.25, 0.3) is 0 Å². The van der Waals surface area contributed by atoms with Crippen LogP contribution >= 0.6 is 11.6 Å². The number of amides is 2. The minimum atomic E-state index is -4.35. The van der Waals surface area contributed by atoms with Crippen molar-refractivity contribution in [3.8, 4) is 0 Å². The molecule has 0 radical (unpaired) electrons. The minimum absolute atomic E-state index is 0.175. The maximum atomic E-state index is 15.5. The largest absolute Gasteiger partial charge is 0.416 e. The molecule has 11 heteroatoms. The highest BCUT2D eigenvalue weighted by atomic mass is 35.5. The summed E-state index contributed by atoms with van der Waals surface area (Å²) in [6.07, 6.45) is -0.664. The van der Waals surface area contributed by atoms with Crippen molar-refractivity contribution in [2.75, 3.05) is 48.0 Å². The van der Waals surface area contributed by atoms with E-state index >= 15 is 4.39 Å². The Bertz CT molecular complexity index is 1430. The third-order valence-corrected chi connectivity index (χ3v) is 9.26. The molecule has 0 aromatic heterocycles. The van der Waals surface area contributed by atoms with E-state index in [0.29, 0.717) is 61.5 Å². The Kier molecular flexibility index (Phi) is 9.03. The van der Waals surface area contributed by atoms with Crippen LogP contribution in [0.5, 0.6) is 0 Å². The molecule has 3 aliphatic rings. The zero-order valence-corrected chi connectivity index (χ0v) is 25.0. The number of nitrogens with zero attached hydrogens (tertiary/aromatic N) is 3. The summed E-state index contributed by atoms with van der Waals surface area (Å²) in [6, 6.07) is 17.4. The number of nitrogens with one attached hydrogen (secondary N) is 1. The average Bonchev–Trinajstić information content (AvgIpc) is 3.23. The molecule has 2 amide bonds. The Balaban J connectivity index is 1.18. The lowest BCUT2D eigenvalue weighted by Crippen LogP contribution is -2.47. The number of hydrogen-bond donors (Lipinski definition) is 1. The van der Waals surface area contributed by atoms with Gasteiger partial charge in [0.1, 0.15) is 5.82 Å². The topological polar surface area (TPSA) is 48.1 Å². The summed E-state index contributed by atoms with van der Waals surface area (Å²) < 4.78 is 60.0. The van der Waals surface area contributed by atoms with Gasteiger partial charge in [0.05, 0.1) is 24.5 Å². The van der Waals surface area contributed by atoms with Gasteiger partial charge in [-0.25, -0.2) is 9.18 Å². The van der Waals surface area contributed by atoms with E-state index in [1.54, 1.807) is 53.4 Å². The Morgan fingerprint density at radius 2 is 1.61 bits per heavy atom. The predicted octanol–water partition coefficient (Wildman–Crippen LogP) is 7.82. The van der Waals surface area contributed by atoms with Gasteiger partial charge in [-0.2, -0.15) is 13.2 Å². The molecule has 3 heterocycles. The van der Waals surface area contributed by atoms with Gasteiger partial charge in [0, 0.05) is 54.7 Å². The van der Waals surface area contributed by atoms with Crippen LogP contribution in [0.15, 0.2) is 66.7 Å². The molecule has 1 N–H and O–H groups in total. The Labute approximate surface area is 259 Å². The first-order chi connectivity index (χ1) is 21.1. The normalized spacial score (nSPS) is 22.2. The smallest absolute Gasteiger partial charge is 0.378 e. The predicted molar refractivity (Wildman–Crippen MR) is 164 cm³/mol. The number of hydrogen-bond acceptors (Lipinski definition) is 4. The van der Waals surface area contributed by atoms with Gasteiger partial charge in [-0.3, -0.25) is 9.80 Å². The zero-order chi connectivity index (χ0) is 30.8. The number of halogens is 5.